The SMILES string of the molecule is NNC(c1ccoc1)c1ccco1. The average Bonchev–Trinajstić information content (AvgIpc) is 2.76. The smallest absolute Gasteiger partial charge is 0.126 e. The van der Waals surface area contributed by atoms with Crippen LogP contribution in [0.1, 0.15) is 17.4 Å². The maximum Gasteiger partial charge on any atom is 0.126 e. The number of furan rings is 2. The molecular weight excluding hydrogens is 168 g/mol. The Hall–Kier alpha value is -1.52. The Bertz CT molecular complexity index is 305. The van der Waals surface area contributed by atoms with Gasteiger partial charge in [0.05, 0.1) is 18.8 Å². The van der Waals surface area contributed by atoms with Crippen molar-refractivity contribution in [2.75, 3.05) is 0 Å². The first kappa shape index (κ1) is 8.10. The van der Waals surface area contributed by atoms with E-state index in [9.17, 15) is 0 Å². The van der Waals surface area contributed by atoms with Gasteiger partial charge in [0.2, 0.25) is 0 Å². The molecular formula is C9H10N2O2. The van der Waals surface area contributed by atoms with Gasteiger partial charge in [-0.2, -0.15) is 0 Å². The second-order valence-corrected chi connectivity index (χ2v) is 2.67. The Labute approximate surface area is 75.3 Å². The molecule has 13 heavy (non-hydrogen) atoms. The summed E-state index contributed by atoms with van der Waals surface area (Å²) in [6.07, 6.45) is 4.84. The van der Waals surface area contributed by atoms with E-state index in [-0.39, 0.29) is 6.04 Å². The van der Waals surface area contributed by atoms with Crippen LogP contribution < -0.4 is 11.3 Å². The van der Waals surface area contributed by atoms with Gasteiger partial charge in [0.15, 0.2) is 0 Å². The lowest BCUT2D eigenvalue weighted by Crippen LogP contribution is -2.28. The van der Waals surface area contributed by atoms with Gasteiger partial charge in [-0.15, -0.1) is 0 Å². The van der Waals surface area contributed by atoms with E-state index in [4.69, 9.17) is 14.7 Å². The van der Waals surface area contributed by atoms with Crippen LogP contribution in [0.2, 0.25) is 0 Å². The minimum atomic E-state index is -0.145. The molecule has 1 unspecified atom stereocenters. The van der Waals surface area contributed by atoms with Crippen LogP contribution in [0.25, 0.3) is 0 Å². The zero-order chi connectivity index (χ0) is 9.10. The summed E-state index contributed by atoms with van der Waals surface area (Å²) in [5.74, 6) is 6.17. The summed E-state index contributed by atoms with van der Waals surface area (Å²) in [5, 5.41) is 0. The molecule has 2 aromatic heterocycles. The summed E-state index contributed by atoms with van der Waals surface area (Å²) in [4.78, 5) is 0. The normalized spacial score (nSPS) is 13.0. The molecule has 0 spiro atoms. The largest absolute Gasteiger partial charge is 0.472 e. The summed E-state index contributed by atoms with van der Waals surface area (Å²) < 4.78 is 10.2. The zero-order valence-corrected chi connectivity index (χ0v) is 6.94. The van der Waals surface area contributed by atoms with Crippen molar-refractivity contribution in [3.63, 3.8) is 0 Å². The summed E-state index contributed by atoms with van der Waals surface area (Å²) >= 11 is 0. The number of hydrogen-bond acceptors (Lipinski definition) is 4. The van der Waals surface area contributed by atoms with Gasteiger partial charge < -0.3 is 8.83 Å². The van der Waals surface area contributed by atoms with Gasteiger partial charge in [-0.3, -0.25) is 5.84 Å². The van der Waals surface area contributed by atoms with E-state index < -0.39 is 0 Å². The van der Waals surface area contributed by atoms with Gasteiger partial charge in [0.1, 0.15) is 11.8 Å². The van der Waals surface area contributed by atoms with Crippen molar-refractivity contribution in [2.45, 2.75) is 6.04 Å². The highest BCUT2D eigenvalue weighted by atomic mass is 16.3. The highest BCUT2D eigenvalue weighted by Gasteiger charge is 2.15. The molecule has 4 heteroatoms. The fourth-order valence-corrected chi connectivity index (χ4v) is 1.24. The van der Waals surface area contributed by atoms with Crippen LogP contribution in [-0.2, 0) is 0 Å². The lowest BCUT2D eigenvalue weighted by Gasteiger charge is -2.09. The average molecular weight is 178 g/mol. The zero-order valence-electron chi connectivity index (χ0n) is 6.94. The van der Waals surface area contributed by atoms with Gasteiger partial charge in [-0.25, -0.2) is 5.43 Å². The van der Waals surface area contributed by atoms with Gasteiger partial charge in [0, 0.05) is 5.56 Å². The fraction of sp³-hybridized carbons (Fsp3) is 0.111. The Kier molecular flexibility index (Phi) is 2.16. The number of hydrogen-bond donors (Lipinski definition) is 2. The van der Waals surface area contributed by atoms with Crippen LogP contribution in [0.5, 0.6) is 0 Å². The molecule has 0 fully saturated rings. The molecule has 0 bridgehead atoms. The first-order valence-corrected chi connectivity index (χ1v) is 3.93. The molecule has 0 amide bonds. The molecule has 2 aromatic rings. The van der Waals surface area contributed by atoms with E-state index in [1.54, 1.807) is 18.8 Å². The molecule has 4 nitrogen and oxygen atoms in total. The topological polar surface area (TPSA) is 64.3 Å². The third kappa shape index (κ3) is 1.49. The molecule has 1 atom stereocenters. The molecule has 68 valence electrons. The van der Waals surface area contributed by atoms with Gasteiger partial charge in [0.25, 0.3) is 0 Å². The van der Waals surface area contributed by atoms with Crippen LogP contribution in [0, 0.1) is 0 Å². The van der Waals surface area contributed by atoms with Crippen LogP contribution >= 0.6 is 0 Å². The highest BCUT2D eigenvalue weighted by Crippen LogP contribution is 2.21. The Morgan fingerprint density at radius 3 is 2.77 bits per heavy atom. The van der Waals surface area contributed by atoms with E-state index in [1.165, 1.54) is 0 Å². The summed E-state index contributed by atoms with van der Waals surface area (Å²) in [7, 11) is 0. The maximum absolute atomic E-state index is 5.40. The van der Waals surface area contributed by atoms with Crippen LogP contribution in [0.3, 0.4) is 0 Å². The van der Waals surface area contributed by atoms with E-state index >= 15 is 0 Å². The molecule has 0 aromatic carbocycles. The van der Waals surface area contributed by atoms with Crippen molar-refractivity contribution in [3.05, 3.63) is 48.3 Å². The lowest BCUT2D eigenvalue weighted by atomic mass is 10.1. The van der Waals surface area contributed by atoms with Crippen LogP contribution in [0.15, 0.2) is 45.8 Å². The second-order valence-electron chi connectivity index (χ2n) is 2.67. The summed E-state index contributed by atoms with van der Waals surface area (Å²) in [6, 6.07) is 5.37. The van der Waals surface area contributed by atoms with Crippen LogP contribution in [0.4, 0.5) is 0 Å². The van der Waals surface area contributed by atoms with E-state index in [0.717, 1.165) is 11.3 Å². The van der Waals surface area contributed by atoms with Gasteiger partial charge in [-0.1, -0.05) is 0 Å². The van der Waals surface area contributed by atoms with Crippen LogP contribution in [-0.4, -0.2) is 0 Å². The third-order valence-corrected chi connectivity index (χ3v) is 1.87. The predicted octanol–water partition coefficient (Wildman–Crippen LogP) is 1.43. The molecule has 0 aliphatic rings. The number of nitrogens with one attached hydrogen (secondary N) is 1. The van der Waals surface area contributed by atoms with E-state index in [0.29, 0.717) is 0 Å². The first-order valence-electron chi connectivity index (χ1n) is 3.93. The molecule has 0 radical (unpaired) electrons. The second kappa shape index (κ2) is 3.47. The van der Waals surface area contributed by atoms with Crippen molar-refractivity contribution in [1.82, 2.24) is 5.43 Å². The van der Waals surface area contributed by atoms with E-state index in [2.05, 4.69) is 5.43 Å². The third-order valence-electron chi connectivity index (χ3n) is 1.87. The summed E-state index contributed by atoms with van der Waals surface area (Å²) in [6.45, 7) is 0. The first-order chi connectivity index (χ1) is 6.42. The van der Waals surface area contributed by atoms with Crippen molar-refractivity contribution < 1.29 is 8.83 Å². The van der Waals surface area contributed by atoms with Crippen molar-refractivity contribution >= 4 is 0 Å². The lowest BCUT2D eigenvalue weighted by molar-refractivity contribution is 0.449. The van der Waals surface area contributed by atoms with Gasteiger partial charge >= 0.3 is 0 Å². The number of rotatable bonds is 3. The fourth-order valence-electron chi connectivity index (χ4n) is 1.24. The molecule has 3 N–H and O–H groups in total. The molecule has 0 saturated heterocycles. The van der Waals surface area contributed by atoms with Crippen molar-refractivity contribution in [2.24, 2.45) is 5.84 Å². The van der Waals surface area contributed by atoms with Gasteiger partial charge in [-0.05, 0) is 18.2 Å². The quantitative estimate of drug-likeness (QED) is 0.551. The number of hydrazine groups is 1. The molecule has 0 saturated carbocycles. The molecule has 2 heterocycles. The molecule has 0 aliphatic carbocycles. The Morgan fingerprint density at radius 1 is 1.31 bits per heavy atom. The minimum absolute atomic E-state index is 0.145. The molecule has 2 rings (SSSR count). The standard InChI is InChI=1S/C9H10N2O2/c10-11-9(7-3-5-12-6-7)8-2-1-4-13-8/h1-6,9,11H,10H2. The van der Waals surface area contributed by atoms with Crippen molar-refractivity contribution in [1.29, 1.82) is 0 Å². The predicted molar refractivity (Wildman–Crippen MR) is 46.6 cm³/mol. The minimum Gasteiger partial charge on any atom is -0.472 e. The highest BCUT2D eigenvalue weighted by molar-refractivity contribution is 5.21. The van der Waals surface area contributed by atoms with Crippen molar-refractivity contribution in [3.8, 4) is 0 Å². The monoisotopic (exact) mass is 178 g/mol. The maximum atomic E-state index is 5.40. The Balaban J connectivity index is 2.29. The summed E-state index contributed by atoms with van der Waals surface area (Å²) in [5.41, 5.74) is 3.60. The Morgan fingerprint density at radius 2 is 2.23 bits per heavy atom. The number of nitrogens with two attached hydrogens (primary N) is 1. The van der Waals surface area contributed by atoms with E-state index in [1.807, 2.05) is 18.2 Å². The molecule has 0 aliphatic heterocycles.